The third kappa shape index (κ3) is 3.56. The summed E-state index contributed by atoms with van der Waals surface area (Å²) in [4.78, 5) is 11.0. The second-order valence-corrected chi connectivity index (χ2v) is 3.26. The van der Waals surface area contributed by atoms with E-state index in [0.29, 0.717) is 12.2 Å². The SMILES string of the molecule is CCOC(=O)CC#Cc1cccc(F)c1Cl. The number of hydrogen-bond donors (Lipinski definition) is 0. The minimum atomic E-state index is -0.524. The Morgan fingerprint density at radius 2 is 2.31 bits per heavy atom. The van der Waals surface area contributed by atoms with Crippen molar-refractivity contribution in [1.82, 2.24) is 0 Å². The molecule has 0 aromatic heterocycles. The van der Waals surface area contributed by atoms with Crippen LogP contribution in [0.3, 0.4) is 0 Å². The molecule has 0 saturated heterocycles. The summed E-state index contributed by atoms with van der Waals surface area (Å²) in [6, 6.07) is 4.35. The molecule has 0 atom stereocenters. The highest BCUT2D eigenvalue weighted by Crippen LogP contribution is 2.18. The Morgan fingerprint density at radius 3 is 3.00 bits per heavy atom. The lowest BCUT2D eigenvalue weighted by Gasteiger charge is -1.96. The molecule has 2 nitrogen and oxygen atoms in total. The zero-order valence-corrected chi connectivity index (χ0v) is 9.47. The van der Waals surface area contributed by atoms with Crippen molar-refractivity contribution in [3.63, 3.8) is 0 Å². The zero-order valence-electron chi connectivity index (χ0n) is 8.72. The van der Waals surface area contributed by atoms with Crippen LogP contribution in [0.5, 0.6) is 0 Å². The predicted molar refractivity (Wildman–Crippen MR) is 59.5 cm³/mol. The third-order valence-corrected chi connectivity index (χ3v) is 2.10. The standard InChI is InChI=1S/C12H10ClFO2/c1-2-16-11(15)8-4-6-9-5-3-7-10(14)12(9)13/h3,5,7H,2,8H2,1H3. The molecule has 84 valence electrons. The van der Waals surface area contributed by atoms with Gasteiger partial charge in [-0.2, -0.15) is 0 Å². The van der Waals surface area contributed by atoms with Crippen LogP contribution in [-0.4, -0.2) is 12.6 Å². The van der Waals surface area contributed by atoms with Crippen LogP contribution in [0.4, 0.5) is 4.39 Å². The number of rotatable bonds is 2. The van der Waals surface area contributed by atoms with Crippen molar-refractivity contribution < 1.29 is 13.9 Å². The molecule has 0 heterocycles. The van der Waals surface area contributed by atoms with Crippen LogP contribution in [0.2, 0.25) is 5.02 Å². The van der Waals surface area contributed by atoms with Gasteiger partial charge in [0.05, 0.1) is 11.6 Å². The molecule has 0 saturated carbocycles. The number of esters is 1. The first-order chi connectivity index (χ1) is 7.65. The number of carbonyl (C=O) groups is 1. The van der Waals surface area contributed by atoms with Crippen LogP contribution in [0, 0.1) is 17.7 Å². The van der Waals surface area contributed by atoms with Crippen molar-refractivity contribution in [2.75, 3.05) is 6.61 Å². The van der Waals surface area contributed by atoms with E-state index in [1.807, 2.05) is 0 Å². The Morgan fingerprint density at radius 1 is 1.56 bits per heavy atom. The molecular formula is C12H10ClFO2. The van der Waals surface area contributed by atoms with E-state index >= 15 is 0 Å². The van der Waals surface area contributed by atoms with Gasteiger partial charge in [-0.25, -0.2) is 4.39 Å². The first-order valence-corrected chi connectivity index (χ1v) is 5.11. The van der Waals surface area contributed by atoms with E-state index in [2.05, 4.69) is 16.6 Å². The van der Waals surface area contributed by atoms with Crippen LogP contribution in [0.25, 0.3) is 0 Å². The summed E-state index contributed by atoms with van der Waals surface area (Å²) in [7, 11) is 0. The molecule has 0 aliphatic rings. The molecule has 4 heteroatoms. The highest BCUT2D eigenvalue weighted by Gasteiger charge is 2.02. The number of hydrogen-bond acceptors (Lipinski definition) is 2. The van der Waals surface area contributed by atoms with E-state index < -0.39 is 11.8 Å². The van der Waals surface area contributed by atoms with Gasteiger partial charge in [-0.05, 0) is 19.1 Å². The van der Waals surface area contributed by atoms with Gasteiger partial charge in [0, 0.05) is 5.56 Å². The summed E-state index contributed by atoms with van der Waals surface area (Å²) < 4.78 is 17.7. The van der Waals surface area contributed by atoms with Gasteiger partial charge in [-0.1, -0.05) is 29.5 Å². The van der Waals surface area contributed by atoms with Gasteiger partial charge >= 0.3 is 5.97 Å². The molecular weight excluding hydrogens is 231 g/mol. The van der Waals surface area contributed by atoms with Gasteiger partial charge in [-0.15, -0.1) is 0 Å². The molecule has 0 aliphatic heterocycles. The van der Waals surface area contributed by atoms with Crippen molar-refractivity contribution in [3.05, 3.63) is 34.6 Å². The van der Waals surface area contributed by atoms with Crippen LogP contribution >= 0.6 is 11.6 Å². The summed E-state index contributed by atoms with van der Waals surface area (Å²) in [6.07, 6.45) is -0.0271. The largest absolute Gasteiger partial charge is 0.465 e. The van der Waals surface area contributed by atoms with Gasteiger partial charge in [-0.3, -0.25) is 4.79 Å². The van der Waals surface area contributed by atoms with Crippen molar-refractivity contribution in [2.24, 2.45) is 0 Å². The van der Waals surface area contributed by atoms with Gasteiger partial charge in [0.1, 0.15) is 12.2 Å². The first kappa shape index (κ1) is 12.5. The second-order valence-electron chi connectivity index (χ2n) is 2.88. The Hall–Kier alpha value is -1.53. The maximum Gasteiger partial charge on any atom is 0.317 e. The smallest absolute Gasteiger partial charge is 0.317 e. The lowest BCUT2D eigenvalue weighted by molar-refractivity contribution is -0.141. The molecule has 0 fully saturated rings. The highest BCUT2D eigenvalue weighted by atomic mass is 35.5. The van der Waals surface area contributed by atoms with Crippen molar-refractivity contribution >= 4 is 17.6 Å². The molecule has 0 bridgehead atoms. The second kappa shape index (κ2) is 6.14. The van der Waals surface area contributed by atoms with Crippen molar-refractivity contribution in [1.29, 1.82) is 0 Å². The molecule has 0 radical (unpaired) electrons. The Labute approximate surface area is 98.4 Å². The normalized spacial score (nSPS) is 9.19. The average Bonchev–Trinajstić information content (AvgIpc) is 2.25. The maximum atomic E-state index is 13.0. The van der Waals surface area contributed by atoms with Gasteiger partial charge in [0.15, 0.2) is 0 Å². The number of carbonyl (C=O) groups excluding carboxylic acids is 1. The number of benzene rings is 1. The molecule has 0 spiro atoms. The molecule has 0 N–H and O–H groups in total. The van der Waals surface area contributed by atoms with Gasteiger partial charge < -0.3 is 4.74 Å². The van der Waals surface area contributed by atoms with Crippen molar-refractivity contribution in [3.8, 4) is 11.8 Å². The van der Waals surface area contributed by atoms with Crippen LogP contribution in [0.1, 0.15) is 18.9 Å². The van der Waals surface area contributed by atoms with Crippen LogP contribution in [-0.2, 0) is 9.53 Å². The fourth-order valence-corrected chi connectivity index (χ4v) is 1.20. The van der Waals surface area contributed by atoms with Gasteiger partial charge in [0.25, 0.3) is 0 Å². The first-order valence-electron chi connectivity index (χ1n) is 4.73. The van der Waals surface area contributed by atoms with Gasteiger partial charge in [0.2, 0.25) is 0 Å². The van der Waals surface area contributed by atoms with Crippen molar-refractivity contribution in [2.45, 2.75) is 13.3 Å². The fraction of sp³-hybridized carbons (Fsp3) is 0.250. The quantitative estimate of drug-likeness (QED) is 0.587. The molecule has 0 aliphatic carbocycles. The minimum absolute atomic E-state index is 0.0271. The highest BCUT2D eigenvalue weighted by molar-refractivity contribution is 6.31. The summed E-state index contributed by atoms with van der Waals surface area (Å²) >= 11 is 5.68. The Bertz CT molecular complexity index is 446. The number of ether oxygens (including phenoxy) is 1. The third-order valence-electron chi connectivity index (χ3n) is 1.71. The predicted octanol–water partition coefficient (Wildman–Crippen LogP) is 2.78. The number of halogens is 2. The fourth-order valence-electron chi connectivity index (χ4n) is 1.02. The lowest BCUT2D eigenvalue weighted by atomic mass is 10.2. The molecule has 16 heavy (non-hydrogen) atoms. The summed E-state index contributed by atoms with van der Waals surface area (Å²) in [5.74, 6) is 4.27. The molecule has 1 aromatic rings. The topological polar surface area (TPSA) is 26.3 Å². The summed E-state index contributed by atoms with van der Waals surface area (Å²) in [5, 5.41) is -0.0288. The van der Waals surface area contributed by atoms with Crippen LogP contribution in [0.15, 0.2) is 18.2 Å². The lowest BCUT2D eigenvalue weighted by Crippen LogP contribution is -2.01. The summed E-state index contributed by atoms with van der Waals surface area (Å²) in [5.41, 5.74) is 0.367. The van der Waals surface area contributed by atoms with E-state index in [-0.39, 0.29) is 11.4 Å². The monoisotopic (exact) mass is 240 g/mol. The minimum Gasteiger partial charge on any atom is -0.465 e. The van der Waals surface area contributed by atoms with E-state index in [4.69, 9.17) is 11.6 Å². The molecule has 1 rings (SSSR count). The van der Waals surface area contributed by atoms with E-state index in [9.17, 15) is 9.18 Å². The van der Waals surface area contributed by atoms with E-state index in [1.165, 1.54) is 12.1 Å². The van der Waals surface area contributed by atoms with E-state index in [0.717, 1.165) is 0 Å². The van der Waals surface area contributed by atoms with Crippen LogP contribution < -0.4 is 0 Å². The Balaban J connectivity index is 2.70. The van der Waals surface area contributed by atoms with E-state index in [1.54, 1.807) is 13.0 Å². The average molecular weight is 241 g/mol. The molecule has 1 aromatic carbocycles. The zero-order chi connectivity index (χ0) is 12.0. The maximum absolute atomic E-state index is 13.0. The molecule has 0 unspecified atom stereocenters. The Kier molecular flexibility index (Phi) is 4.81. The summed E-state index contributed by atoms with van der Waals surface area (Å²) in [6.45, 7) is 2.04. The molecule has 0 amide bonds.